The van der Waals surface area contributed by atoms with Crippen molar-refractivity contribution in [2.75, 3.05) is 13.4 Å². The van der Waals surface area contributed by atoms with Gasteiger partial charge in [-0.05, 0) is 42.7 Å². The van der Waals surface area contributed by atoms with Crippen LogP contribution < -0.4 is 0 Å². The Balaban J connectivity index is 1.56. The fraction of sp³-hybridized carbons (Fsp3) is 0.538. The Morgan fingerprint density at radius 1 is 0.941 bits per heavy atom. The Morgan fingerprint density at radius 3 is 2.18 bits per heavy atom. The molecule has 274 valence electrons. The van der Waals surface area contributed by atoms with Crippen LogP contribution in [-0.2, 0) is 49.4 Å². The lowest BCUT2D eigenvalue weighted by Crippen LogP contribution is -2.82. The molecule has 9 atom stereocenters. The number of aliphatic hydroxyl groups is 2. The molecule has 2 bridgehead atoms. The molecule has 3 aliphatic carbocycles. The van der Waals surface area contributed by atoms with Crippen LogP contribution in [0.15, 0.2) is 71.8 Å². The maximum absolute atomic E-state index is 15.5. The zero-order valence-corrected chi connectivity index (χ0v) is 29.8. The molecule has 4 aliphatic rings. The molecule has 1 aliphatic heterocycles. The third kappa shape index (κ3) is 6.00. The number of fused-ring (bicyclic) bond motifs is 5. The molecular formula is C39H46O12. The van der Waals surface area contributed by atoms with E-state index in [1.165, 1.54) is 13.8 Å². The van der Waals surface area contributed by atoms with Gasteiger partial charge < -0.3 is 38.6 Å². The topological polar surface area (TPSA) is 164 Å². The van der Waals surface area contributed by atoms with Gasteiger partial charge in [-0.15, -0.1) is 0 Å². The van der Waals surface area contributed by atoms with Crippen LogP contribution in [0.2, 0.25) is 0 Å². The Hall–Kier alpha value is -3.94. The van der Waals surface area contributed by atoms with Crippen LogP contribution in [-0.4, -0.2) is 89.0 Å². The number of carbonyl (C=O) groups is 4. The van der Waals surface area contributed by atoms with Gasteiger partial charge in [0.1, 0.15) is 24.6 Å². The van der Waals surface area contributed by atoms with Crippen molar-refractivity contribution in [2.45, 2.75) is 103 Å². The third-order valence-corrected chi connectivity index (χ3v) is 11.6. The summed E-state index contributed by atoms with van der Waals surface area (Å²) in [4.78, 5) is 55.2. The van der Waals surface area contributed by atoms with E-state index in [-0.39, 0.29) is 44.0 Å². The number of carbonyl (C=O) groups excluding carboxylic acids is 4. The number of esters is 3. The Morgan fingerprint density at radius 2 is 1.59 bits per heavy atom. The van der Waals surface area contributed by atoms with E-state index in [9.17, 15) is 24.6 Å². The van der Waals surface area contributed by atoms with Crippen molar-refractivity contribution < 1.29 is 57.8 Å². The van der Waals surface area contributed by atoms with E-state index in [1.807, 2.05) is 30.3 Å². The summed E-state index contributed by atoms with van der Waals surface area (Å²) in [6.07, 6.45) is -6.63. The molecule has 2 saturated carbocycles. The number of ether oxygens (including phenoxy) is 6. The quantitative estimate of drug-likeness (QED) is 0.128. The van der Waals surface area contributed by atoms with Crippen molar-refractivity contribution in [1.82, 2.24) is 0 Å². The minimum Gasteiger partial charge on any atom is -0.455 e. The first kappa shape index (κ1) is 36.8. The molecule has 12 heteroatoms. The SMILES string of the molecule is CC(=O)O[C@H]1C(=O)[C@]2(C)[C@@H](OCOCc3ccccc3)C[C@H]3OC[C@@]3(OC(C)=O)[C@H]2[C@H](OC(=O)c2ccccc2)[C@]2(O)C[C@H](O)C(C)=C1C2(C)C. The summed E-state index contributed by atoms with van der Waals surface area (Å²) >= 11 is 0. The predicted octanol–water partition coefficient (Wildman–Crippen LogP) is 3.85. The second kappa shape index (κ2) is 13.6. The summed E-state index contributed by atoms with van der Waals surface area (Å²) in [5.74, 6) is -4.20. The van der Waals surface area contributed by atoms with Gasteiger partial charge in [-0.25, -0.2) is 4.79 Å². The van der Waals surface area contributed by atoms with Crippen molar-refractivity contribution in [3.05, 3.63) is 82.9 Å². The van der Waals surface area contributed by atoms with Crippen LogP contribution >= 0.6 is 0 Å². The summed E-state index contributed by atoms with van der Waals surface area (Å²) in [6.45, 7) is 8.73. The molecule has 2 N–H and O–H groups in total. The molecule has 0 amide bonds. The smallest absolute Gasteiger partial charge is 0.338 e. The fourth-order valence-electron chi connectivity index (χ4n) is 8.99. The normalized spacial score (nSPS) is 35.3. The number of Topliss-reactive ketones (excluding diaryl/α,β-unsaturated/α-hetero) is 1. The highest BCUT2D eigenvalue weighted by atomic mass is 16.7. The second-order valence-corrected chi connectivity index (χ2v) is 14.9. The molecule has 0 spiro atoms. The average Bonchev–Trinajstić information content (AvgIpc) is 3.07. The van der Waals surface area contributed by atoms with Crippen molar-refractivity contribution >= 4 is 23.7 Å². The van der Waals surface area contributed by atoms with E-state index in [0.29, 0.717) is 5.57 Å². The van der Waals surface area contributed by atoms with Crippen molar-refractivity contribution in [1.29, 1.82) is 0 Å². The summed E-state index contributed by atoms with van der Waals surface area (Å²) in [7, 11) is 0. The van der Waals surface area contributed by atoms with Gasteiger partial charge in [-0.3, -0.25) is 14.4 Å². The standard InChI is InChI=1S/C39H46O12/c1-22-27(42)18-39(45)34(50-35(44)26-15-11-8-12-16-26)32-37(6,33(43)31(49-23(2)40)30(22)36(39,4)5)28(17-29-38(32,20-47-29)51-24(3)41)48-21-46-19-25-13-9-7-10-14-25/h7-16,27-29,31-32,34,42,45H,17-21H2,1-6H3/t27-,28-,29+,31+,32-,34-,37+,38-,39+/m0/s1. The number of benzene rings is 2. The molecule has 1 saturated heterocycles. The lowest BCUT2D eigenvalue weighted by Gasteiger charge is -2.67. The maximum Gasteiger partial charge on any atom is 0.338 e. The largest absolute Gasteiger partial charge is 0.455 e. The van der Waals surface area contributed by atoms with Crippen LogP contribution in [0.3, 0.4) is 0 Å². The molecule has 6 rings (SSSR count). The molecule has 3 fully saturated rings. The summed E-state index contributed by atoms with van der Waals surface area (Å²) < 4.78 is 36.7. The first-order chi connectivity index (χ1) is 24.1. The van der Waals surface area contributed by atoms with Gasteiger partial charge in [0.2, 0.25) is 0 Å². The monoisotopic (exact) mass is 706 g/mol. The minimum absolute atomic E-state index is 0.0509. The van der Waals surface area contributed by atoms with E-state index >= 15 is 4.79 Å². The zero-order chi connectivity index (χ0) is 36.9. The van der Waals surface area contributed by atoms with Gasteiger partial charge in [-0.2, -0.15) is 0 Å². The van der Waals surface area contributed by atoms with Gasteiger partial charge >= 0.3 is 17.9 Å². The second-order valence-electron chi connectivity index (χ2n) is 14.9. The van der Waals surface area contributed by atoms with Crippen LogP contribution in [0.1, 0.15) is 70.3 Å². The highest BCUT2D eigenvalue weighted by Crippen LogP contribution is 2.64. The molecule has 0 radical (unpaired) electrons. The molecule has 2 aromatic rings. The highest BCUT2D eigenvalue weighted by Gasteiger charge is 2.78. The van der Waals surface area contributed by atoms with E-state index in [2.05, 4.69) is 0 Å². The number of aliphatic hydroxyl groups excluding tert-OH is 1. The number of hydrogen-bond acceptors (Lipinski definition) is 12. The molecule has 51 heavy (non-hydrogen) atoms. The van der Waals surface area contributed by atoms with Crippen LogP contribution in [0.25, 0.3) is 0 Å². The molecule has 12 nitrogen and oxygen atoms in total. The number of ketones is 1. The lowest BCUT2D eigenvalue weighted by molar-refractivity contribution is -0.352. The van der Waals surface area contributed by atoms with E-state index in [0.717, 1.165) is 5.56 Å². The van der Waals surface area contributed by atoms with Gasteiger partial charge in [-0.1, -0.05) is 62.4 Å². The summed E-state index contributed by atoms with van der Waals surface area (Å²) in [6, 6.07) is 17.6. The number of rotatable bonds is 9. The third-order valence-electron chi connectivity index (χ3n) is 11.6. The first-order valence-corrected chi connectivity index (χ1v) is 17.2. The Bertz CT molecular complexity index is 1700. The van der Waals surface area contributed by atoms with Crippen molar-refractivity contribution in [2.24, 2.45) is 16.7 Å². The van der Waals surface area contributed by atoms with E-state index < -0.39 is 82.2 Å². The average molecular weight is 707 g/mol. The molecule has 0 unspecified atom stereocenters. The molecule has 1 heterocycles. The first-order valence-electron chi connectivity index (χ1n) is 17.2. The summed E-state index contributed by atoms with van der Waals surface area (Å²) in [5.41, 5.74) is -5.31. The maximum atomic E-state index is 15.5. The Kier molecular flexibility index (Phi) is 9.79. The number of hydrogen-bond donors (Lipinski definition) is 2. The predicted molar refractivity (Wildman–Crippen MR) is 180 cm³/mol. The molecule has 2 aromatic carbocycles. The lowest BCUT2D eigenvalue weighted by atomic mass is 9.44. The Labute approximate surface area is 297 Å². The van der Waals surface area contributed by atoms with Gasteiger partial charge in [0.05, 0.1) is 42.3 Å². The molecule has 0 aromatic heterocycles. The highest BCUT2D eigenvalue weighted by molar-refractivity contribution is 5.95. The van der Waals surface area contributed by atoms with E-state index in [4.69, 9.17) is 28.4 Å². The zero-order valence-electron chi connectivity index (χ0n) is 29.8. The van der Waals surface area contributed by atoms with Crippen molar-refractivity contribution in [3.63, 3.8) is 0 Å². The van der Waals surface area contributed by atoms with Crippen LogP contribution in [0.5, 0.6) is 0 Å². The van der Waals surface area contributed by atoms with Crippen LogP contribution in [0.4, 0.5) is 0 Å². The minimum atomic E-state index is -2.12. The van der Waals surface area contributed by atoms with Gasteiger partial charge in [0.25, 0.3) is 0 Å². The van der Waals surface area contributed by atoms with E-state index in [1.54, 1.807) is 58.0 Å². The van der Waals surface area contributed by atoms with Crippen LogP contribution in [0, 0.1) is 16.7 Å². The molecular weight excluding hydrogens is 660 g/mol. The fourth-order valence-corrected chi connectivity index (χ4v) is 8.99. The van der Waals surface area contributed by atoms with Gasteiger partial charge in [0.15, 0.2) is 17.5 Å². The van der Waals surface area contributed by atoms with Crippen molar-refractivity contribution in [3.8, 4) is 0 Å². The summed E-state index contributed by atoms with van der Waals surface area (Å²) in [5, 5.41) is 24.7. The van der Waals surface area contributed by atoms with Gasteiger partial charge in [0, 0.05) is 32.1 Å².